The lowest BCUT2D eigenvalue weighted by molar-refractivity contribution is 0.151. The first-order chi connectivity index (χ1) is 15.2. The Kier molecular flexibility index (Phi) is 5.89. The molecule has 0 spiro atoms. The summed E-state index contributed by atoms with van der Waals surface area (Å²) in [6, 6.07) is 18.7. The third-order valence-electron chi connectivity index (χ3n) is 6.45. The van der Waals surface area contributed by atoms with E-state index in [0.717, 1.165) is 68.9 Å². The number of carbonyl (C=O) groups is 1. The van der Waals surface area contributed by atoms with Gasteiger partial charge in [0, 0.05) is 32.2 Å². The van der Waals surface area contributed by atoms with Crippen LogP contribution in [0.2, 0.25) is 0 Å². The molecule has 162 valence electrons. The second kappa shape index (κ2) is 9.10. The van der Waals surface area contributed by atoms with Gasteiger partial charge in [-0.15, -0.1) is 0 Å². The lowest BCUT2D eigenvalue weighted by atomic mass is 9.98. The van der Waals surface area contributed by atoms with Crippen molar-refractivity contribution in [2.45, 2.75) is 44.2 Å². The second-order valence-corrected chi connectivity index (χ2v) is 8.81. The summed E-state index contributed by atoms with van der Waals surface area (Å²) < 4.78 is 5.98. The molecule has 2 amide bonds. The Hall–Kier alpha value is -2.86. The second-order valence-electron chi connectivity index (χ2n) is 8.81. The van der Waals surface area contributed by atoms with Crippen LogP contribution in [0.3, 0.4) is 0 Å². The average molecular weight is 419 g/mol. The first-order valence-electron chi connectivity index (χ1n) is 11.4. The van der Waals surface area contributed by atoms with Gasteiger partial charge in [-0.25, -0.2) is 9.78 Å². The highest BCUT2D eigenvalue weighted by Crippen LogP contribution is 2.29. The van der Waals surface area contributed by atoms with Gasteiger partial charge in [0.2, 0.25) is 0 Å². The SMILES string of the molecule is O=C(NC1CCCN(Cc2ccccc2)C1)N1CCCC(c2nc3ccccc3o2)C1. The minimum Gasteiger partial charge on any atom is -0.440 e. The maximum atomic E-state index is 13.0. The summed E-state index contributed by atoms with van der Waals surface area (Å²) in [7, 11) is 0. The van der Waals surface area contributed by atoms with Crippen molar-refractivity contribution < 1.29 is 9.21 Å². The molecule has 3 heterocycles. The first-order valence-corrected chi connectivity index (χ1v) is 11.4. The van der Waals surface area contributed by atoms with Crippen molar-refractivity contribution in [3.63, 3.8) is 0 Å². The number of fused-ring (bicyclic) bond motifs is 1. The zero-order valence-electron chi connectivity index (χ0n) is 17.9. The highest BCUT2D eigenvalue weighted by Gasteiger charge is 2.30. The van der Waals surface area contributed by atoms with Crippen molar-refractivity contribution in [3.05, 3.63) is 66.1 Å². The Morgan fingerprint density at radius 3 is 2.68 bits per heavy atom. The predicted octanol–water partition coefficient (Wildman–Crippen LogP) is 4.38. The molecular formula is C25H30N4O2. The number of benzene rings is 2. The maximum absolute atomic E-state index is 13.0. The van der Waals surface area contributed by atoms with Gasteiger partial charge in [-0.05, 0) is 49.9 Å². The van der Waals surface area contributed by atoms with Gasteiger partial charge >= 0.3 is 6.03 Å². The minimum atomic E-state index is 0.0485. The van der Waals surface area contributed by atoms with Crippen molar-refractivity contribution in [1.29, 1.82) is 0 Å². The quantitative estimate of drug-likeness (QED) is 0.683. The average Bonchev–Trinajstić information content (AvgIpc) is 3.25. The molecule has 2 aliphatic rings. The van der Waals surface area contributed by atoms with Crippen LogP contribution in [0.15, 0.2) is 59.0 Å². The van der Waals surface area contributed by atoms with Gasteiger partial charge in [-0.1, -0.05) is 42.5 Å². The van der Waals surface area contributed by atoms with Crippen LogP contribution in [0, 0.1) is 0 Å². The fraction of sp³-hybridized carbons (Fsp3) is 0.440. The van der Waals surface area contributed by atoms with E-state index in [4.69, 9.17) is 4.42 Å². The summed E-state index contributed by atoms with van der Waals surface area (Å²) in [6.07, 6.45) is 4.13. The summed E-state index contributed by atoms with van der Waals surface area (Å²) >= 11 is 0. The zero-order chi connectivity index (χ0) is 21.0. The lowest BCUT2D eigenvalue weighted by Crippen LogP contribution is -2.53. The third-order valence-corrected chi connectivity index (χ3v) is 6.45. The molecule has 0 bridgehead atoms. The lowest BCUT2D eigenvalue weighted by Gasteiger charge is -2.36. The number of nitrogens with zero attached hydrogens (tertiary/aromatic N) is 3. The van der Waals surface area contributed by atoms with E-state index in [0.29, 0.717) is 6.54 Å². The van der Waals surface area contributed by atoms with Crippen LogP contribution in [0.25, 0.3) is 11.1 Å². The van der Waals surface area contributed by atoms with E-state index >= 15 is 0 Å². The Labute approximate surface area is 183 Å². The normalized spacial score (nSPS) is 22.5. The summed E-state index contributed by atoms with van der Waals surface area (Å²) in [5.74, 6) is 0.915. The maximum Gasteiger partial charge on any atom is 0.317 e. The zero-order valence-corrected chi connectivity index (χ0v) is 17.9. The molecule has 0 aliphatic carbocycles. The molecule has 2 unspecified atom stereocenters. The van der Waals surface area contributed by atoms with Crippen molar-refractivity contribution in [2.24, 2.45) is 0 Å². The number of urea groups is 1. The summed E-state index contributed by atoms with van der Waals surface area (Å²) in [6.45, 7) is 4.40. The number of para-hydroxylation sites is 2. The topological polar surface area (TPSA) is 61.6 Å². The molecule has 1 N–H and O–H groups in total. The van der Waals surface area contributed by atoms with Gasteiger partial charge < -0.3 is 14.6 Å². The number of likely N-dealkylation sites (tertiary alicyclic amines) is 2. The fourth-order valence-corrected chi connectivity index (χ4v) is 4.85. The number of piperidine rings is 2. The monoisotopic (exact) mass is 418 g/mol. The van der Waals surface area contributed by atoms with E-state index in [9.17, 15) is 4.79 Å². The van der Waals surface area contributed by atoms with Gasteiger partial charge in [0.15, 0.2) is 11.5 Å². The minimum absolute atomic E-state index is 0.0485. The largest absolute Gasteiger partial charge is 0.440 e. The van der Waals surface area contributed by atoms with Crippen molar-refractivity contribution in [3.8, 4) is 0 Å². The molecule has 0 radical (unpaired) electrons. The number of oxazole rings is 1. The van der Waals surface area contributed by atoms with Gasteiger partial charge in [-0.3, -0.25) is 4.90 Å². The van der Waals surface area contributed by atoms with E-state index in [1.807, 2.05) is 29.2 Å². The molecule has 6 nitrogen and oxygen atoms in total. The molecule has 2 fully saturated rings. The van der Waals surface area contributed by atoms with Crippen LogP contribution in [-0.2, 0) is 6.54 Å². The van der Waals surface area contributed by atoms with Crippen LogP contribution in [0.4, 0.5) is 4.79 Å². The first kappa shape index (κ1) is 20.1. The molecule has 5 rings (SSSR count). The van der Waals surface area contributed by atoms with Crippen molar-refractivity contribution in [1.82, 2.24) is 20.1 Å². The molecule has 2 saturated heterocycles. The molecule has 1 aromatic heterocycles. The fourth-order valence-electron chi connectivity index (χ4n) is 4.85. The van der Waals surface area contributed by atoms with Crippen LogP contribution in [0.1, 0.15) is 43.1 Å². The highest BCUT2D eigenvalue weighted by atomic mass is 16.3. The number of carbonyl (C=O) groups excluding carboxylic acids is 1. The molecular weight excluding hydrogens is 388 g/mol. The Morgan fingerprint density at radius 2 is 1.81 bits per heavy atom. The van der Waals surface area contributed by atoms with Gasteiger partial charge in [0.1, 0.15) is 5.52 Å². The molecule has 2 aliphatic heterocycles. The van der Waals surface area contributed by atoms with E-state index in [1.54, 1.807) is 0 Å². The molecule has 2 aromatic carbocycles. The standard InChI is InChI=1S/C25H30N4O2/c30-25(26-21-11-7-14-28(18-21)16-19-8-2-1-3-9-19)29-15-6-10-20(17-29)24-27-22-12-4-5-13-23(22)31-24/h1-5,8-9,12-13,20-21H,6-7,10-11,14-18H2,(H,26,30). The number of hydrogen-bond donors (Lipinski definition) is 1. The van der Waals surface area contributed by atoms with Crippen LogP contribution >= 0.6 is 0 Å². The summed E-state index contributed by atoms with van der Waals surface area (Å²) in [5.41, 5.74) is 3.03. The summed E-state index contributed by atoms with van der Waals surface area (Å²) in [4.78, 5) is 22.1. The Balaban J connectivity index is 1.18. The van der Waals surface area contributed by atoms with E-state index in [1.165, 1.54) is 5.56 Å². The highest BCUT2D eigenvalue weighted by molar-refractivity contribution is 5.75. The Bertz CT molecular complexity index is 986. The Morgan fingerprint density at radius 1 is 1.00 bits per heavy atom. The molecule has 2 atom stereocenters. The van der Waals surface area contributed by atoms with E-state index in [-0.39, 0.29) is 18.0 Å². The predicted molar refractivity (Wildman–Crippen MR) is 121 cm³/mol. The van der Waals surface area contributed by atoms with Gasteiger partial charge in [-0.2, -0.15) is 0 Å². The van der Waals surface area contributed by atoms with E-state index < -0.39 is 0 Å². The van der Waals surface area contributed by atoms with Crippen molar-refractivity contribution in [2.75, 3.05) is 26.2 Å². The van der Waals surface area contributed by atoms with E-state index in [2.05, 4.69) is 45.5 Å². The number of rotatable bonds is 4. The van der Waals surface area contributed by atoms with Gasteiger partial charge in [0.05, 0.1) is 5.92 Å². The number of nitrogens with one attached hydrogen (secondary N) is 1. The molecule has 31 heavy (non-hydrogen) atoms. The summed E-state index contributed by atoms with van der Waals surface area (Å²) in [5, 5.41) is 3.30. The number of aromatic nitrogens is 1. The van der Waals surface area contributed by atoms with Crippen LogP contribution in [0.5, 0.6) is 0 Å². The number of hydrogen-bond acceptors (Lipinski definition) is 4. The molecule has 6 heteroatoms. The third kappa shape index (κ3) is 4.74. The van der Waals surface area contributed by atoms with Crippen LogP contribution < -0.4 is 5.32 Å². The van der Waals surface area contributed by atoms with Crippen molar-refractivity contribution >= 4 is 17.1 Å². The molecule has 0 saturated carbocycles. The smallest absolute Gasteiger partial charge is 0.317 e. The van der Waals surface area contributed by atoms with Gasteiger partial charge in [0.25, 0.3) is 0 Å². The van der Waals surface area contributed by atoms with Crippen LogP contribution in [-0.4, -0.2) is 53.0 Å². The molecule has 3 aromatic rings. The number of amides is 2.